The molecule has 0 aromatic heterocycles. The standard InChI is InChI=1S/C28H38N2O4/c1-18(2)12-21-16-30-11-10-20-14-25(32-3)26(33-4)15-23(20)24(30)13-22(21)17-34-28(31)27(29)19-8-6-5-7-9-19/h5-9,14-15,18,21-22,24,27H,10-13,16-17,29H2,1-4H3/t21-,22+,24-,27+/m1/s1. The molecule has 0 saturated carbocycles. The van der Waals surface area contributed by atoms with Gasteiger partial charge >= 0.3 is 5.97 Å². The molecular weight excluding hydrogens is 428 g/mol. The summed E-state index contributed by atoms with van der Waals surface area (Å²) in [6.07, 6.45) is 3.08. The number of benzene rings is 2. The monoisotopic (exact) mass is 466 g/mol. The van der Waals surface area contributed by atoms with Crippen molar-refractivity contribution >= 4 is 5.97 Å². The Balaban J connectivity index is 1.52. The molecule has 0 radical (unpaired) electrons. The topological polar surface area (TPSA) is 74.0 Å². The summed E-state index contributed by atoms with van der Waals surface area (Å²) >= 11 is 0. The highest BCUT2D eigenvalue weighted by atomic mass is 16.5. The minimum absolute atomic E-state index is 0.287. The Morgan fingerprint density at radius 1 is 1.09 bits per heavy atom. The van der Waals surface area contributed by atoms with E-state index in [1.807, 2.05) is 30.3 Å². The van der Waals surface area contributed by atoms with E-state index in [1.54, 1.807) is 14.2 Å². The molecule has 2 aliphatic rings. The first-order valence-electron chi connectivity index (χ1n) is 12.4. The molecule has 184 valence electrons. The van der Waals surface area contributed by atoms with Gasteiger partial charge in [-0.1, -0.05) is 44.2 Å². The predicted octanol–water partition coefficient (Wildman–Crippen LogP) is 4.53. The number of piperidine rings is 1. The lowest BCUT2D eigenvalue weighted by atomic mass is 9.74. The van der Waals surface area contributed by atoms with Crippen LogP contribution in [0, 0.1) is 17.8 Å². The summed E-state index contributed by atoms with van der Waals surface area (Å²) in [5.41, 5.74) is 9.60. The van der Waals surface area contributed by atoms with Gasteiger partial charge in [0.1, 0.15) is 6.04 Å². The van der Waals surface area contributed by atoms with Crippen molar-refractivity contribution in [1.29, 1.82) is 0 Å². The molecule has 6 heteroatoms. The van der Waals surface area contributed by atoms with Gasteiger partial charge in [0.15, 0.2) is 11.5 Å². The van der Waals surface area contributed by atoms with E-state index < -0.39 is 6.04 Å². The van der Waals surface area contributed by atoms with Gasteiger partial charge in [-0.3, -0.25) is 4.90 Å². The number of fused-ring (bicyclic) bond motifs is 3. The van der Waals surface area contributed by atoms with Gasteiger partial charge in [-0.2, -0.15) is 0 Å². The first-order valence-corrected chi connectivity index (χ1v) is 12.4. The Labute approximate surface area is 203 Å². The summed E-state index contributed by atoms with van der Waals surface area (Å²) in [5.74, 6) is 2.56. The van der Waals surface area contributed by atoms with E-state index in [0.29, 0.717) is 24.5 Å². The number of carbonyl (C=O) groups excluding carboxylic acids is 1. The van der Waals surface area contributed by atoms with Crippen molar-refractivity contribution in [3.8, 4) is 11.5 Å². The molecule has 4 rings (SSSR count). The van der Waals surface area contributed by atoms with Crippen LogP contribution >= 0.6 is 0 Å². The molecule has 6 nitrogen and oxygen atoms in total. The van der Waals surface area contributed by atoms with Crippen LogP contribution in [0.2, 0.25) is 0 Å². The number of esters is 1. The maximum Gasteiger partial charge on any atom is 0.327 e. The van der Waals surface area contributed by atoms with Crippen LogP contribution in [0.15, 0.2) is 42.5 Å². The number of hydrogen-bond acceptors (Lipinski definition) is 6. The Kier molecular flexibility index (Phi) is 7.79. The SMILES string of the molecule is COc1cc2c(cc1OC)[C@H]1C[C@@H](COC(=O)[C@@H](N)c3ccccc3)[C@H](CC(C)C)CN1CC2. The Hall–Kier alpha value is -2.57. The predicted molar refractivity (Wildman–Crippen MR) is 133 cm³/mol. The average molecular weight is 467 g/mol. The van der Waals surface area contributed by atoms with Crippen LogP contribution in [-0.2, 0) is 16.0 Å². The van der Waals surface area contributed by atoms with Gasteiger partial charge in [-0.25, -0.2) is 4.79 Å². The van der Waals surface area contributed by atoms with Crippen molar-refractivity contribution in [1.82, 2.24) is 4.90 Å². The molecule has 0 amide bonds. The number of hydrogen-bond donors (Lipinski definition) is 1. The molecule has 0 bridgehead atoms. The summed E-state index contributed by atoms with van der Waals surface area (Å²) in [6.45, 7) is 6.99. The summed E-state index contributed by atoms with van der Waals surface area (Å²) in [5, 5.41) is 0. The summed E-state index contributed by atoms with van der Waals surface area (Å²) in [7, 11) is 3.36. The van der Waals surface area contributed by atoms with Crippen LogP contribution in [0.5, 0.6) is 11.5 Å². The van der Waals surface area contributed by atoms with Crippen LogP contribution in [0.4, 0.5) is 0 Å². The van der Waals surface area contributed by atoms with Crippen molar-refractivity contribution in [3.63, 3.8) is 0 Å². The van der Waals surface area contributed by atoms with Crippen LogP contribution in [0.1, 0.15) is 55.5 Å². The number of methoxy groups -OCH3 is 2. The summed E-state index contributed by atoms with van der Waals surface area (Å²) in [6, 6.07) is 13.2. The third kappa shape index (κ3) is 5.23. The highest BCUT2D eigenvalue weighted by molar-refractivity contribution is 5.77. The van der Waals surface area contributed by atoms with E-state index in [4.69, 9.17) is 19.9 Å². The quantitative estimate of drug-likeness (QED) is 0.576. The van der Waals surface area contributed by atoms with Crippen molar-refractivity contribution in [3.05, 3.63) is 59.2 Å². The molecule has 4 atom stereocenters. The number of ether oxygens (including phenoxy) is 3. The molecule has 2 aromatic rings. The fourth-order valence-electron chi connectivity index (χ4n) is 5.66. The zero-order valence-corrected chi connectivity index (χ0v) is 20.8. The Morgan fingerprint density at radius 3 is 2.47 bits per heavy atom. The van der Waals surface area contributed by atoms with E-state index in [-0.39, 0.29) is 11.9 Å². The number of nitrogens with two attached hydrogens (primary N) is 1. The molecule has 1 fully saturated rings. The van der Waals surface area contributed by atoms with Gasteiger partial charge in [0.05, 0.1) is 20.8 Å². The average Bonchev–Trinajstić information content (AvgIpc) is 2.85. The fourth-order valence-corrected chi connectivity index (χ4v) is 5.66. The zero-order valence-electron chi connectivity index (χ0n) is 20.8. The Bertz CT molecular complexity index is 978. The molecule has 0 unspecified atom stereocenters. The van der Waals surface area contributed by atoms with Crippen molar-refractivity contribution in [2.45, 2.75) is 45.2 Å². The molecule has 0 spiro atoms. The fraction of sp³-hybridized carbons (Fsp3) is 0.536. The van der Waals surface area contributed by atoms with Gasteiger partial charge in [0.25, 0.3) is 0 Å². The maximum atomic E-state index is 12.8. The van der Waals surface area contributed by atoms with Crippen LogP contribution in [0.25, 0.3) is 0 Å². The minimum atomic E-state index is -0.753. The highest BCUT2D eigenvalue weighted by Crippen LogP contribution is 2.45. The largest absolute Gasteiger partial charge is 0.493 e. The minimum Gasteiger partial charge on any atom is -0.493 e. The number of nitrogens with zero attached hydrogens (tertiary/aromatic N) is 1. The lowest BCUT2D eigenvalue weighted by molar-refractivity contribution is -0.148. The number of carbonyl (C=O) groups is 1. The second-order valence-corrected chi connectivity index (χ2v) is 10.1. The van der Waals surface area contributed by atoms with Crippen molar-refractivity contribution < 1.29 is 19.0 Å². The van der Waals surface area contributed by atoms with Gasteiger partial charge in [-0.15, -0.1) is 0 Å². The molecule has 2 N–H and O–H groups in total. The first-order chi connectivity index (χ1) is 16.4. The van der Waals surface area contributed by atoms with Gasteiger partial charge in [0.2, 0.25) is 0 Å². The van der Waals surface area contributed by atoms with E-state index in [9.17, 15) is 4.79 Å². The molecule has 1 saturated heterocycles. The van der Waals surface area contributed by atoms with Crippen LogP contribution < -0.4 is 15.2 Å². The number of rotatable bonds is 8. The Morgan fingerprint density at radius 2 is 1.79 bits per heavy atom. The zero-order chi connectivity index (χ0) is 24.2. The highest BCUT2D eigenvalue weighted by Gasteiger charge is 2.40. The van der Waals surface area contributed by atoms with Crippen LogP contribution in [-0.4, -0.2) is 44.8 Å². The van der Waals surface area contributed by atoms with Crippen molar-refractivity contribution in [2.24, 2.45) is 23.5 Å². The van der Waals surface area contributed by atoms with Gasteiger partial charge in [-0.05, 0) is 65.8 Å². The summed E-state index contributed by atoms with van der Waals surface area (Å²) in [4.78, 5) is 15.4. The van der Waals surface area contributed by atoms with Crippen LogP contribution in [0.3, 0.4) is 0 Å². The molecular formula is C28H38N2O4. The molecule has 2 aromatic carbocycles. The lowest BCUT2D eigenvalue weighted by Crippen LogP contribution is -2.47. The van der Waals surface area contributed by atoms with Gasteiger partial charge in [0, 0.05) is 19.1 Å². The molecule has 0 aliphatic carbocycles. The first kappa shape index (κ1) is 24.6. The second kappa shape index (κ2) is 10.8. The van der Waals surface area contributed by atoms with E-state index in [1.165, 1.54) is 11.1 Å². The summed E-state index contributed by atoms with van der Waals surface area (Å²) < 4.78 is 17.0. The lowest BCUT2D eigenvalue weighted by Gasteiger charge is -2.47. The molecule has 2 aliphatic heterocycles. The van der Waals surface area contributed by atoms with E-state index in [0.717, 1.165) is 49.4 Å². The van der Waals surface area contributed by atoms with Crippen molar-refractivity contribution in [2.75, 3.05) is 33.9 Å². The third-order valence-electron chi connectivity index (χ3n) is 7.40. The second-order valence-electron chi connectivity index (χ2n) is 10.1. The third-order valence-corrected chi connectivity index (χ3v) is 7.40. The maximum absolute atomic E-state index is 12.8. The van der Waals surface area contributed by atoms with Gasteiger partial charge < -0.3 is 19.9 Å². The smallest absolute Gasteiger partial charge is 0.327 e. The molecule has 34 heavy (non-hydrogen) atoms. The normalized spacial score (nSPS) is 23.1. The van der Waals surface area contributed by atoms with E-state index in [2.05, 4.69) is 30.9 Å². The molecule has 2 heterocycles. The van der Waals surface area contributed by atoms with E-state index >= 15 is 0 Å².